The topological polar surface area (TPSA) is 106 Å². The van der Waals surface area contributed by atoms with Gasteiger partial charge in [-0.1, -0.05) is 12.1 Å². The van der Waals surface area contributed by atoms with Crippen molar-refractivity contribution < 1.29 is 18.0 Å². The number of hydrogen-bond acceptors (Lipinski definition) is 6. The van der Waals surface area contributed by atoms with Gasteiger partial charge in [-0.05, 0) is 19.1 Å². The second kappa shape index (κ2) is 7.16. The molecule has 0 saturated carbocycles. The summed E-state index contributed by atoms with van der Waals surface area (Å²) in [5.74, 6) is -0.479. The fourth-order valence-corrected chi connectivity index (χ4v) is 4.35. The van der Waals surface area contributed by atoms with E-state index in [-0.39, 0.29) is 11.5 Å². The number of aryl methyl sites for hydroxylation is 2. The first-order valence-electron chi connectivity index (χ1n) is 10.5. The third kappa shape index (κ3) is 2.98. The number of amides is 1. The van der Waals surface area contributed by atoms with E-state index >= 15 is 4.39 Å². The minimum absolute atomic E-state index is 0.0438. The lowest BCUT2D eigenvalue weighted by molar-refractivity contribution is 0.0636. The number of H-pyrrole nitrogens is 1. The third-order valence-electron chi connectivity index (χ3n) is 5.94. The van der Waals surface area contributed by atoms with E-state index in [1.165, 1.54) is 4.90 Å². The van der Waals surface area contributed by atoms with Gasteiger partial charge < -0.3 is 18.7 Å². The summed E-state index contributed by atoms with van der Waals surface area (Å²) in [5.41, 5.74) is 2.91. The number of imidazole rings is 1. The molecular formula is C23H19FN6O3. The van der Waals surface area contributed by atoms with Crippen molar-refractivity contribution in [1.29, 1.82) is 0 Å². The van der Waals surface area contributed by atoms with E-state index in [4.69, 9.17) is 8.83 Å². The van der Waals surface area contributed by atoms with Gasteiger partial charge in [-0.2, -0.15) is 5.10 Å². The molecule has 0 unspecified atom stereocenters. The molecule has 0 fully saturated rings. The fraction of sp³-hybridized carbons (Fsp3) is 0.217. The van der Waals surface area contributed by atoms with E-state index in [0.29, 0.717) is 46.8 Å². The number of benzene rings is 1. The summed E-state index contributed by atoms with van der Waals surface area (Å²) in [4.78, 5) is 27.1. The van der Waals surface area contributed by atoms with Crippen molar-refractivity contribution in [2.24, 2.45) is 7.05 Å². The number of para-hydroxylation sites is 1. The monoisotopic (exact) mass is 446 g/mol. The number of oxazole rings is 1. The van der Waals surface area contributed by atoms with Crippen LogP contribution in [-0.4, -0.2) is 42.1 Å². The summed E-state index contributed by atoms with van der Waals surface area (Å²) >= 11 is 0. The summed E-state index contributed by atoms with van der Waals surface area (Å²) in [6, 6.07) is 6.02. The molecule has 6 rings (SSSR count). The Morgan fingerprint density at radius 2 is 2.12 bits per heavy atom. The van der Waals surface area contributed by atoms with Crippen LogP contribution < -0.4 is 0 Å². The molecule has 5 aromatic rings. The van der Waals surface area contributed by atoms with Crippen molar-refractivity contribution in [3.05, 3.63) is 77.4 Å². The van der Waals surface area contributed by atoms with E-state index < -0.39 is 17.8 Å². The van der Waals surface area contributed by atoms with Crippen LogP contribution in [0.3, 0.4) is 0 Å². The molecule has 5 heterocycles. The molecule has 0 saturated heterocycles. The smallest absolute Gasteiger partial charge is 0.292 e. The van der Waals surface area contributed by atoms with E-state index in [1.807, 2.05) is 0 Å². The van der Waals surface area contributed by atoms with Gasteiger partial charge in [0.1, 0.15) is 11.6 Å². The second-order valence-corrected chi connectivity index (χ2v) is 8.03. The average Bonchev–Trinajstić information content (AvgIpc) is 3.59. The van der Waals surface area contributed by atoms with Crippen LogP contribution in [0.5, 0.6) is 0 Å². The Balaban J connectivity index is 1.45. The number of nitrogens with one attached hydrogen (secondary N) is 1. The van der Waals surface area contributed by atoms with Crippen LogP contribution in [0.15, 0.2) is 51.8 Å². The van der Waals surface area contributed by atoms with E-state index in [1.54, 1.807) is 61.6 Å². The highest BCUT2D eigenvalue weighted by Gasteiger charge is 2.40. The van der Waals surface area contributed by atoms with E-state index in [9.17, 15) is 4.79 Å². The van der Waals surface area contributed by atoms with Crippen molar-refractivity contribution in [3.8, 4) is 11.5 Å². The first-order valence-corrected chi connectivity index (χ1v) is 10.5. The summed E-state index contributed by atoms with van der Waals surface area (Å²) in [6.45, 7) is 2.04. The van der Waals surface area contributed by atoms with Gasteiger partial charge >= 0.3 is 0 Å². The molecule has 0 aliphatic carbocycles. The summed E-state index contributed by atoms with van der Waals surface area (Å²) in [7, 11) is 1.78. The molecule has 0 spiro atoms. The SMILES string of the molecule is Cc1nc(-c2cnn(C)c2)oc1C(=O)N1CCc2[nH]cnc2[C@@H]1c1oc2ccccc2c1F. The Labute approximate surface area is 186 Å². The minimum atomic E-state index is -0.841. The van der Waals surface area contributed by atoms with Gasteiger partial charge in [-0.25, -0.2) is 14.4 Å². The Morgan fingerprint density at radius 3 is 2.91 bits per heavy atom. The third-order valence-corrected chi connectivity index (χ3v) is 5.94. The Morgan fingerprint density at radius 1 is 1.27 bits per heavy atom. The van der Waals surface area contributed by atoms with Crippen LogP contribution >= 0.6 is 0 Å². The van der Waals surface area contributed by atoms with Gasteiger partial charge in [-0.3, -0.25) is 9.48 Å². The fourth-order valence-electron chi connectivity index (χ4n) is 4.35. The Kier molecular flexibility index (Phi) is 4.22. The minimum Gasteiger partial charge on any atom is -0.455 e. The first-order chi connectivity index (χ1) is 16.0. The molecule has 4 aromatic heterocycles. The Bertz CT molecular complexity index is 1510. The number of fused-ring (bicyclic) bond motifs is 2. The molecule has 10 heteroatoms. The number of aromatic nitrogens is 5. The maximum atomic E-state index is 15.4. The van der Waals surface area contributed by atoms with Gasteiger partial charge in [-0.15, -0.1) is 0 Å². The molecule has 1 N–H and O–H groups in total. The summed E-state index contributed by atoms with van der Waals surface area (Å²) in [6.07, 6.45) is 5.46. The van der Waals surface area contributed by atoms with Crippen LogP contribution in [0.25, 0.3) is 22.4 Å². The van der Waals surface area contributed by atoms with Crippen molar-refractivity contribution in [2.75, 3.05) is 6.54 Å². The predicted molar refractivity (Wildman–Crippen MR) is 115 cm³/mol. The molecule has 9 nitrogen and oxygen atoms in total. The van der Waals surface area contributed by atoms with Gasteiger partial charge in [0.15, 0.2) is 11.6 Å². The van der Waals surface area contributed by atoms with E-state index in [0.717, 1.165) is 5.69 Å². The number of nitrogens with zero attached hydrogens (tertiary/aromatic N) is 5. The molecule has 33 heavy (non-hydrogen) atoms. The molecule has 1 amide bonds. The zero-order valence-corrected chi connectivity index (χ0v) is 17.9. The summed E-state index contributed by atoms with van der Waals surface area (Å²) < 4.78 is 28.8. The normalized spacial score (nSPS) is 15.8. The highest BCUT2D eigenvalue weighted by atomic mass is 19.1. The largest absolute Gasteiger partial charge is 0.455 e. The number of aromatic amines is 1. The zero-order valence-electron chi connectivity index (χ0n) is 17.9. The lowest BCUT2D eigenvalue weighted by Gasteiger charge is -2.33. The van der Waals surface area contributed by atoms with Gasteiger partial charge in [0.05, 0.1) is 34.9 Å². The van der Waals surface area contributed by atoms with E-state index in [2.05, 4.69) is 20.1 Å². The van der Waals surface area contributed by atoms with Crippen LogP contribution in [0.1, 0.15) is 39.4 Å². The quantitative estimate of drug-likeness (QED) is 0.452. The maximum absolute atomic E-state index is 15.4. The number of rotatable bonds is 3. The highest BCUT2D eigenvalue weighted by Crippen LogP contribution is 2.39. The second-order valence-electron chi connectivity index (χ2n) is 8.03. The predicted octanol–water partition coefficient (Wildman–Crippen LogP) is 3.78. The van der Waals surface area contributed by atoms with Crippen molar-refractivity contribution >= 4 is 16.9 Å². The van der Waals surface area contributed by atoms with Crippen LogP contribution in [0, 0.1) is 12.7 Å². The number of furan rings is 1. The van der Waals surface area contributed by atoms with Crippen LogP contribution in [0.2, 0.25) is 0 Å². The molecule has 1 atom stereocenters. The molecule has 0 bridgehead atoms. The van der Waals surface area contributed by atoms with Gasteiger partial charge in [0.25, 0.3) is 5.91 Å². The summed E-state index contributed by atoms with van der Waals surface area (Å²) in [5, 5.41) is 4.48. The lowest BCUT2D eigenvalue weighted by Crippen LogP contribution is -2.41. The molecule has 1 aliphatic rings. The Hall–Kier alpha value is -4.21. The molecule has 1 aliphatic heterocycles. The molecular weight excluding hydrogens is 427 g/mol. The van der Waals surface area contributed by atoms with Gasteiger partial charge in [0.2, 0.25) is 11.7 Å². The standard InChI is InChI=1S/C23H19FN6O3/c1-12-20(33-22(28-12)13-9-27-29(2)10-13)23(31)30-8-7-15-18(26-11-25-15)19(30)21-17(24)14-5-3-4-6-16(14)32-21/h3-6,9-11,19H,7-8H2,1-2H3,(H,25,26)/t19-/m1/s1. The number of carbonyl (C=O) groups excluding carboxylic acids is 1. The number of hydrogen-bond donors (Lipinski definition) is 1. The molecule has 166 valence electrons. The first kappa shape index (κ1) is 19.5. The molecule has 0 radical (unpaired) electrons. The maximum Gasteiger partial charge on any atom is 0.292 e. The zero-order chi connectivity index (χ0) is 22.7. The van der Waals surface area contributed by atoms with Crippen molar-refractivity contribution in [3.63, 3.8) is 0 Å². The van der Waals surface area contributed by atoms with Crippen LogP contribution in [0.4, 0.5) is 4.39 Å². The average molecular weight is 446 g/mol. The lowest BCUT2D eigenvalue weighted by atomic mass is 9.99. The van der Waals surface area contributed by atoms with Crippen molar-refractivity contribution in [2.45, 2.75) is 19.4 Å². The number of halogens is 1. The number of carbonyl (C=O) groups is 1. The van der Waals surface area contributed by atoms with Gasteiger partial charge in [0, 0.05) is 31.9 Å². The highest BCUT2D eigenvalue weighted by molar-refractivity contribution is 5.93. The van der Waals surface area contributed by atoms with Crippen molar-refractivity contribution in [1.82, 2.24) is 29.6 Å². The molecule has 1 aromatic carbocycles. The van der Waals surface area contributed by atoms with Crippen LogP contribution in [-0.2, 0) is 13.5 Å².